The summed E-state index contributed by atoms with van der Waals surface area (Å²) in [5, 5.41) is 13.4. The topological polar surface area (TPSA) is 138 Å². The van der Waals surface area contributed by atoms with Gasteiger partial charge in [-0.2, -0.15) is 4.98 Å². The SMILES string of the molecule is CCCCc1c(O)nc(SCC(=O)Nc2sc3c(c2C(N)=O)CCCC3)[nH]c1=O. The minimum absolute atomic E-state index is 0.0303. The van der Waals surface area contributed by atoms with Crippen molar-refractivity contribution < 1.29 is 14.7 Å². The number of carbonyl (C=O) groups excluding carboxylic acids is 2. The van der Waals surface area contributed by atoms with Crippen LogP contribution in [0.4, 0.5) is 5.00 Å². The standard InChI is InChI=1S/C19H24N4O4S2/c1-2-3-6-11-16(26)22-19(23-17(11)27)28-9-13(24)21-18-14(15(20)25)10-7-4-5-8-12(10)29-18/h2-9H2,1H3,(H2,20,25)(H,21,24)(H2,22,23,26,27). The lowest BCUT2D eigenvalue weighted by molar-refractivity contribution is -0.113. The van der Waals surface area contributed by atoms with Crippen LogP contribution in [-0.4, -0.2) is 32.6 Å². The van der Waals surface area contributed by atoms with Crippen molar-refractivity contribution in [2.75, 3.05) is 11.1 Å². The highest BCUT2D eigenvalue weighted by atomic mass is 32.2. The number of aromatic amines is 1. The number of aromatic nitrogens is 2. The maximum atomic E-state index is 12.4. The number of rotatable bonds is 8. The molecular formula is C19H24N4O4S2. The molecule has 1 aliphatic carbocycles. The van der Waals surface area contributed by atoms with E-state index in [9.17, 15) is 19.5 Å². The van der Waals surface area contributed by atoms with Crippen LogP contribution in [-0.2, 0) is 24.1 Å². The molecule has 0 fully saturated rings. The number of anilines is 1. The fourth-order valence-corrected chi connectivity index (χ4v) is 5.29. The average Bonchev–Trinajstić information content (AvgIpc) is 3.03. The van der Waals surface area contributed by atoms with Crippen LogP contribution < -0.4 is 16.6 Å². The Bertz CT molecular complexity index is 983. The van der Waals surface area contributed by atoms with Crippen LogP contribution in [0.25, 0.3) is 0 Å². The number of thiophene rings is 1. The highest BCUT2D eigenvalue weighted by molar-refractivity contribution is 7.99. The summed E-state index contributed by atoms with van der Waals surface area (Å²) in [5.74, 6) is -1.21. The summed E-state index contributed by atoms with van der Waals surface area (Å²) < 4.78 is 0. The molecule has 0 aliphatic heterocycles. The number of unbranched alkanes of at least 4 members (excludes halogenated alkanes) is 1. The maximum Gasteiger partial charge on any atom is 0.258 e. The van der Waals surface area contributed by atoms with Gasteiger partial charge < -0.3 is 21.1 Å². The number of H-pyrrole nitrogens is 1. The van der Waals surface area contributed by atoms with Crippen LogP contribution in [0.1, 0.15) is 59.0 Å². The Balaban J connectivity index is 1.67. The molecule has 0 aromatic carbocycles. The number of aryl methyl sites for hydroxylation is 1. The smallest absolute Gasteiger partial charge is 0.258 e. The lowest BCUT2D eigenvalue weighted by atomic mass is 9.95. The van der Waals surface area contributed by atoms with Gasteiger partial charge in [0.05, 0.1) is 16.9 Å². The van der Waals surface area contributed by atoms with Gasteiger partial charge in [-0.1, -0.05) is 25.1 Å². The monoisotopic (exact) mass is 436 g/mol. The molecule has 0 bridgehead atoms. The molecular weight excluding hydrogens is 412 g/mol. The highest BCUT2D eigenvalue weighted by Gasteiger charge is 2.25. The second-order valence-corrected chi connectivity index (χ2v) is 8.96. The Morgan fingerprint density at radius 2 is 2.10 bits per heavy atom. The Labute approximate surface area is 176 Å². The third-order valence-corrected chi connectivity index (χ3v) is 6.84. The van der Waals surface area contributed by atoms with Crippen molar-refractivity contribution >= 4 is 39.9 Å². The zero-order valence-corrected chi connectivity index (χ0v) is 17.8. The van der Waals surface area contributed by atoms with Crippen molar-refractivity contribution in [2.24, 2.45) is 5.73 Å². The van der Waals surface area contributed by atoms with E-state index in [1.54, 1.807) is 0 Å². The number of nitrogens with zero attached hydrogens (tertiary/aromatic N) is 1. The molecule has 1 aliphatic rings. The number of nitrogens with two attached hydrogens (primary N) is 1. The first-order chi connectivity index (χ1) is 13.9. The molecule has 8 nitrogen and oxygen atoms in total. The van der Waals surface area contributed by atoms with E-state index < -0.39 is 11.5 Å². The number of carbonyl (C=O) groups is 2. The van der Waals surface area contributed by atoms with Gasteiger partial charge in [-0.05, 0) is 44.1 Å². The van der Waals surface area contributed by atoms with Gasteiger partial charge >= 0.3 is 0 Å². The normalized spacial score (nSPS) is 13.1. The van der Waals surface area contributed by atoms with Crippen molar-refractivity contribution in [1.29, 1.82) is 0 Å². The number of hydrogen-bond acceptors (Lipinski definition) is 7. The van der Waals surface area contributed by atoms with Gasteiger partial charge in [0.15, 0.2) is 5.16 Å². The van der Waals surface area contributed by atoms with E-state index in [1.165, 1.54) is 11.3 Å². The van der Waals surface area contributed by atoms with Crippen LogP contribution in [0.2, 0.25) is 0 Å². The van der Waals surface area contributed by atoms with E-state index in [0.29, 0.717) is 17.0 Å². The molecule has 0 radical (unpaired) electrons. The molecule has 29 heavy (non-hydrogen) atoms. The number of aromatic hydroxyl groups is 1. The Kier molecular flexibility index (Phi) is 6.96. The summed E-state index contributed by atoms with van der Waals surface area (Å²) >= 11 is 2.41. The molecule has 0 saturated carbocycles. The van der Waals surface area contributed by atoms with Crippen molar-refractivity contribution in [1.82, 2.24) is 9.97 Å². The van der Waals surface area contributed by atoms with E-state index in [2.05, 4.69) is 15.3 Å². The third kappa shape index (κ3) is 4.99. The third-order valence-electron chi connectivity index (χ3n) is 4.76. The van der Waals surface area contributed by atoms with E-state index in [0.717, 1.165) is 60.7 Å². The zero-order chi connectivity index (χ0) is 21.0. The molecule has 0 unspecified atom stereocenters. The summed E-state index contributed by atoms with van der Waals surface area (Å²) in [6, 6.07) is 0. The van der Waals surface area contributed by atoms with Crippen LogP contribution >= 0.6 is 23.1 Å². The highest BCUT2D eigenvalue weighted by Crippen LogP contribution is 2.38. The molecule has 0 atom stereocenters. The van der Waals surface area contributed by atoms with E-state index in [4.69, 9.17) is 5.73 Å². The first-order valence-electron chi connectivity index (χ1n) is 9.59. The molecule has 0 saturated heterocycles. The van der Waals surface area contributed by atoms with Gasteiger partial charge in [-0.25, -0.2) is 0 Å². The molecule has 3 rings (SSSR count). The maximum absolute atomic E-state index is 12.4. The number of nitrogens with one attached hydrogen (secondary N) is 2. The fraction of sp³-hybridized carbons (Fsp3) is 0.474. The van der Waals surface area contributed by atoms with Gasteiger partial charge in [0.1, 0.15) is 5.00 Å². The Morgan fingerprint density at radius 3 is 2.79 bits per heavy atom. The quantitative estimate of drug-likeness (QED) is 0.371. The fourth-order valence-electron chi connectivity index (χ4n) is 3.32. The molecule has 2 heterocycles. The second-order valence-electron chi connectivity index (χ2n) is 6.89. The van der Waals surface area contributed by atoms with Crippen LogP contribution in [0, 0.1) is 0 Å². The van der Waals surface area contributed by atoms with Crippen LogP contribution in [0.3, 0.4) is 0 Å². The number of fused-ring (bicyclic) bond motifs is 1. The molecule has 156 valence electrons. The van der Waals surface area contributed by atoms with Gasteiger partial charge in [0, 0.05) is 4.88 Å². The zero-order valence-electron chi connectivity index (χ0n) is 16.2. The van der Waals surface area contributed by atoms with Gasteiger partial charge in [-0.15, -0.1) is 11.3 Å². The largest absolute Gasteiger partial charge is 0.493 e. The summed E-state index contributed by atoms with van der Waals surface area (Å²) in [6.07, 6.45) is 5.88. The molecule has 0 spiro atoms. The number of primary amides is 1. The van der Waals surface area contributed by atoms with Gasteiger partial charge in [0.2, 0.25) is 11.8 Å². The summed E-state index contributed by atoms with van der Waals surface area (Å²) in [7, 11) is 0. The Hall–Kier alpha value is -2.33. The van der Waals surface area contributed by atoms with Crippen molar-refractivity contribution in [2.45, 2.75) is 57.0 Å². The average molecular weight is 437 g/mol. The van der Waals surface area contributed by atoms with E-state index >= 15 is 0 Å². The number of thioether (sulfide) groups is 1. The van der Waals surface area contributed by atoms with Crippen LogP contribution in [0.5, 0.6) is 5.88 Å². The Morgan fingerprint density at radius 1 is 1.34 bits per heavy atom. The molecule has 2 aromatic rings. The summed E-state index contributed by atoms with van der Waals surface area (Å²) in [6.45, 7) is 2.00. The molecule has 2 amide bonds. The summed E-state index contributed by atoms with van der Waals surface area (Å²) in [4.78, 5) is 44.1. The molecule has 10 heteroatoms. The van der Waals surface area contributed by atoms with E-state index in [1.807, 2.05) is 6.92 Å². The lowest BCUT2D eigenvalue weighted by Crippen LogP contribution is -2.20. The number of amides is 2. The second kappa shape index (κ2) is 9.45. The number of hydrogen-bond donors (Lipinski definition) is 4. The minimum atomic E-state index is -0.536. The van der Waals surface area contributed by atoms with Crippen molar-refractivity contribution in [3.63, 3.8) is 0 Å². The minimum Gasteiger partial charge on any atom is -0.493 e. The molecule has 2 aromatic heterocycles. The summed E-state index contributed by atoms with van der Waals surface area (Å²) in [5.41, 5.74) is 6.77. The first-order valence-corrected chi connectivity index (χ1v) is 11.4. The molecule has 5 N–H and O–H groups in total. The predicted molar refractivity (Wildman–Crippen MR) is 114 cm³/mol. The van der Waals surface area contributed by atoms with Crippen LogP contribution in [0.15, 0.2) is 9.95 Å². The lowest BCUT2D eigenvalue weighted by Gasteiger charge is -2.11. The van der Waals surface area contributed by atoms with Gasteiger partial charge in [0.25, 0.3) is 11.5 Å². The van der Waals surface area contributed by atoms with Gasteiger partial charge in [-0.3, -0.25) is 14.4 Å². The predicted octanol–water partition coefficient (Wildman–Crippen LogP) is 2.59. The van der Waals surface area contributed by atoms with Crippen molar-refractivity contribution in [3.05, 3.63) is 31.9 Å². The first kappa shape index (κ1) is 21.4. The van der Waals surface area contributed by atoms with E-state index in [-0.39, 0.29) is 28.3 Å². The van der Waals surface area contributed by atoms with Crippen molar-refractivity contribution in [3.8, 4) is 5.88 Å².